The molecule has 146 valence electrons. The number of nitrogens with zero attached hydrogens (tertiary/aromatic N) is 1. The fourth-order valence-corrected chi connectivity index (χ4v) is 3.11. The van der Waals surface area contributed by atoms with Crippen LogP contribution in [0.1, 0.15) is 18.1 Å². The van der Waals surface area contributed by atoms with Gasteiger partial charge in [-0.2, -0.15) is 0 Å². The first-order valence-corrected chi connectivity index (χ1v) is 9.34. The number of methoxy groups -OCH3 is 1. The lowest BCUT2D eigenvalue weighted by Gasteiger charge is -2.18. The van der Waals surface area contributed by atoms with Crippen LogP contribution in [0.2, 0.25) is 10.0 Å². The van der Waals surface area contributed by atoms with Crippen molar-refractivity contribution in [2.24, 2.45) is 0 Å². The molecule has 0 spiro atoms. The summed E-state index contributed by atoms with van der Waals surface area (Å²) >= 11 is 12.4. The second-order valence-corrected chi connectivity index (χ2v) is 6.98. The number of hydrogen-bond acceptors (Lipinski definition) is 4. The Morgan fingerprint density at radius 1 is 1.19 bits per heavy atom. The number of halogens is 2. The van der Waals surface area contributed by atoms with Crippen LogP contribution in [0.15, 0.2) is 30.3 Å². The molecule has 5 nitrogen and oxygen atoms in total. The summed E-state index contributed by atoms with van der Waals surface area (Å²) < 4.78 is 10.9. The molecule has 2 rings (SSSR count). The van der Waals surface area contributed by atoms with E-state index in [4.69, 9.17) is 32.7 Å². The average molecular weight is 411 g/mol. The fourth-order valence-electron chi connectivity index (χ4n) is 2.65. The van der Waals surface area contributed by atoms with Gasteiger partial charge in [0.2, 0.25) is 5.91 Å². The maximum Gasteiger partial charge on any atom is 0.238 e. The number of aryl methyl sites for hydroxylation is 1. The zero-order valence-corrected chi connectivity index (χ0v) is 17.4. The van der Waals surface area contributed by atoms with Crippen LogP contribution >= 0.6 is 23.2 Å². The molecule has 1 amide bonds. The summed E-state index contributed by atoms with van der Waals surface area (Å²) in [5.74, 6) is 1.18. The number of anilines is 1. The normalized spacial score (nSPS) is 10.8. The van der Waals surface area contributed by atoms with Crippen LogP contribution in [0.3, 0.4) is 0 Å². The van der Waals surface area contributed by atoms with Crippen molar-refractivity contribution in [3.05, 3.63) is 51.5 Å². The lowest BCUT2D eigenvalue weighted by Crippen LogP contribution is -2.30. The van der Waals surface area contributed by atoms with Gasteiger partial charge in [0, 0.05) is 6.54 Å². The van der Waals surface area contributed by atoms with Crippen molar-refractivity contribution in [2.45, 2.75) is 20.4 Å². The lowest BCUT2D eigenvalue weighted by atomic mass is 10.2. The first-order valence-electron chi connectivity index (χ1n) is 8.58. The SMILES string of the molecule is CCOc1ccc(CN(C)CC(=O)Nc2c(Cl)ccc(C)c2Cl)cc1OC. The summed E-state index contributed by atoms with van der Waals surface area (Å²) in [6, 6.07) is 9.27. The molecule has 0 aliphatic rings. The van der Waals surface area contributed by atoms with Gasteiger partial charge in [-0.1, -0.05) is 35.3 Å². The number of benzene rings is 2. The van der Waals surface area contributed by atoms with Crippen LogP contribution in [0.5, 0.6) is 11.5 Å². The molecule has 2 aromatic carbocycles. The predicted octanol–water partition coefficient (Wildman–Crippen LogP) is 4.78. The minimum atomic E-state index is -0.190. The summed E-state index contributed by atoms with van der Waals surface area (Å²) in [4.78, 5) is 14.3. The molecule has 0 fully saturated rings. The lowest BCUT2D eigenvalue weighted by molar-refractivity contribution is -0.117. The molecule has 0 unspecified atom stereocenters. The topological polar surface area (TPSA) is 50.8 Å². The van der Waals surface area contributed by atoms with Gasteiger partial charge in [0.05, 0.1) is 36.0 Å². The standard InChI is InChI=1S/C20H24Cl2N2O3/c1-5-27-16-9-7-14(10-17(16)26-4)11-24(3)12-18(25)23-20-15(21)8-6-13(2)19(20)22/h6-10H,5,11-12H2,1-4H3,(H,23,25). The van der Waals surface area contributed by atoms with Crippen LogP contribution in [-0.4, -0.2) is 38.1 Å². The molecule has 0 bridgehead atoms. The molecule has 27 heavy (non-hydrogen) atoms. The van der Waals surface area contributed by atoms with Crippen LogP contribution in [0, 0.1) is 6.92 Å². The maximum atomic E-state index is 12.4. The van der Waals surface area contributed by atoms with E-state index in [0.717, 1.165) is 11.1 Å². The molecule has 0 saturated carbocycles. The Balaban J connectivity index is 2.00. The van der Waals surface area contributed by atoms with E-state index in [-0.39, 0.29) is 12.5 Å². The minimum absolute atomic E-state index is 0.190. The number of carbonyl (C=O) groups is 1. The summed E-state index contributed by atoms with van der Waals surface area (Å²) in [6.45, 7) is 5.12. The first kappa shape index (κ1) is 21.4. The highest BCUT2D eigenvalue weighted by molar-refractivity contribution is 6.40. The van der Waals surface area contributed by atoms with Gasteiger partial charge >= 0.3 is 0 Å². The van der Waals surface area contributed by atoms with Gasteiger partial charge in [-0.05, 0) is 50.2 Å². The zero-order valence-electron chi connectivity index (χ0n) is 15.9. The van der Waals surface area contributed by atoms with Gasteiger partial charge in [0.1, 0.15) is 0 Å². The summed E-state index contributed by atoms with van der Waals surface area (Å²) in [5.41, 5.74) is 2.31. The van der Waals surface area contributed by atoms with Crippen LogP contribution in [-0.2, 0) is 11.3 Å². The highest BCUT2D eigenvalue weighted by atomic mass is 35.5. The molecule has 1 N–H and O–H groups in total. The Hall–Kier alpha value is -1.95. The highest BCUT2D eigenvalue weighted by Crippen LogP contribution is 2.33. The molecule has 0 aromatic heterocycles. The van der Waals surface area contributed by atoms with Crippen molar-refractivity contribution in [2.75, 3.05) is 32.6 Å². The van der Waals surface area contributed by atoms with Crippen molar-refractivity contribution < 1.29 is 14.3 Å². The largest absolute Gasteiger partial charge is 0.493 e. The van der Waals surface area contributed by atoms with Crippen molar-refractivity contribution in [3.63, 3.8) is 0 Å². The van der Waals surface area contributed by atoms with Gasteiger partial charge in [-0.25, -0.2) is 0 Å². The molecule has 0 saturated heterocycles. The molecular formula is C20H24Cl2N2O3. The van der Waals surface area contributed by atoms with Gasteiger partial charge < -0.3 is 14.8 Å². The Kier molecular flexibility index (Phi) is 7.78. The Labute approximate surface area is 170 Å². The molecule has 0 aliphatic heterocycles. The smallest absolute Gasteiger partial charge is 0.238 e. The van der Waals surface area contributed by atoms with Crippen molar-refractivity contribution in [1.29, 1.82) is 0 Å². The van der Waals surface area contributed by atoms with Gasteiger partial charge in [0.15, 0.2) is 11.5 Å². The third kappa shape index (κ3) is 5.76. The molecular weight excluding hydrogens is 387 g/mol. The van der Waals surface area contributed by atoms with Crippen molar-refractivity contribution in [1.82, 2.24) is 4.90 Å². The van der Waals surface area contributed by atoms with E-state index < -0.39 is 0 Å². The number of rotatable bonds is 8. The molecule has 7 heteroatoms. The van der Waals surface area contributed by atoms with Crippen LogP contribution in [0.4, 0.5) is 5.69 Å². The quantitative estimate of drug-likeness (QED) is 0.679. The van der Waals surface area contributed by atoms with E-state index >= 15 is 0 Å². The van der Waals surface area contributed by atoms with E-state index in [1.165, 1.54) is 0 Å². The minimum Gasteiger partial charge on any atom is -0.493 e. The Morgan fingerprint density at radius 3 is 2.59 bits per heavy atom. The number of likely N-dealkylation sites (N-methyl/N-ethyl adjacent to an activating group) is 1. The van der Waals surface area contributed by atoms with E-state index in [1.54, 1.807) is 13.2 Å². The number of nitrogens with one attached hydrogen (secondary N) is 1. The predicted molar refractivity (Wildman–Crippen MR) is 110 cm³/mol. The number of amides is 1. The van der Waals surface area contributed by atoms with Gasteiger partial charge in [-0.15, -0.1) is 0 Å². The van der Waals surface area contributed by atoms with E-state index in [9.17, 15) is 4.79 Å². The van der Waals surface area contributed by atoms with Gasteiger partial charge in [-0.3, -0.25) is 9.69 Å². The molecule has 0 radical (unpaired) electrons. The van der Waals surface area contributed by atoms with Crippen LogP contribution in [0.25, 0.3) is 0 Å². The highest BCUT2D eigenvalue weighted by Gasteiger charge is 2.14. The second kappa shape index (κ2) is 9.83. The molecule has 2 aromatic rings. The summed E-state index contributed by atoms with van der Waals surface area (Å²) in [7, 11) is 3.47. The van der Waals surface area contributed by atoms with Crippen molar-refractivity contribution in [3.8, 4) is 11.5 Å². The number of ether oxygens (including phenoxy) is 2. The Bertz CT molecular complexity index is 812. The van der Waals surface area contributed by atoms with Gasteiger partial charge in [0.25, 0.3) is 0 Å². The van der Waals surface area contributed by atoms with Crippen molar-refractivity contribution >= 4 is 34.8 Å². The maximum absolute atomic E-state index is 12.4. The number of hydrogen-bond donors (Lipinski definition) is 1. The summed E-state index contributed by atoms with van der Waals surface area (Å²) in [6.07, 6.45) is 0. The van der Waals surface area contributed by atoms with E-state index in [2.05, 4.69) is 5.32 Å². The monoisotopic (exact) mass is 410 g/mol. The third-order valence-electron chi connectivity index (χ3n) is 3.94. The first-order chi connectivity index (χ1) is 12.8. The fraction of sp³-hybridized carbons (Fsp3) is 0.350. The summed E-state index contributed by atoms with van der Waals surface area (Å²) in [5, 5.41) is 3.66. The number of carbonyl (C=O) groups excluding carboxylic acids is 1. The third-order valence-corrected chi connectivity index (χ3v) is 4.74. The molecule has 0 aliphatic carbocycles. The average Bonchev–Trinajstić information content (AvgIpc) is 2.63. The Morgan fingerprint density at radius 2 is 1.93 bits per heavy atom. The van der Waals surface area contributed by atoms with E-state index in [0.29, 0.717) is 40.4 Å². The molecule has 0 atom stereocenters. The molecule has 0 heterocycles. The van der Waals surface area contributed by atoms with Crippen LogP contribution < -0.4 is 14.8 Å². The zero-order chi connectivity index (χ0) is 20.0. The second-order valence-electron chi connectivity index (χ2n) is 6.19. The van der Waals surface area contributed by atoms with E-state index in [1.807, 2.05) is 50.1 Å².